The van der Waals surface area contributed by atoms with Crippen LogP contribution in [-0.2, 0) is 9.53 Å². The Kier molecular flexibility index (Phi) is 4.67. The smallest absolute Gasteiger partial charge is 0.338 e. The molecule has 26 heavy (non-hydrogen) atoms. The molecule has 5 heteroatoms. The second-order valence-electron chi connectivity index (χ2n) is 8.41. The molecule has 2 aliphatic carbocycles. The van der Waals surface area contributed by atoms with Gasteiger partial charge in [0.2, 0.25) is 0 Å². The van der Waals surface area contributed by atoms with E-state index in [1.165, 1.54) is 24.3 Å². The first-order chi connectivity index (χ1) is 12.2. The van der Waals surface area contributed by atoms with E-state index < -0.39 is 11.9 Å². The van der Waals surface area contributed by atoms with Gasteiger partial charge < -0.3 is 9.84 Å². The molecular formula is C21H26O5. The van der Waals surface area contributed by atoms with Gasteiger partial charge in [0, 0.05) is 17.3 Å². The number of Topliss-reactive ketones (excluding diaryl/α,β-unsaturated/α-hetero) is 1. The first-order valence-electron chi connectivity index (χ1n) is 9.24. The SMILES string of the molecule is CC1(C)C(=O)CCC2(C)C(OC(=O)c3ccc(C(=O)O)cc3)CCCC12. The molecule has 0 bridgehead atoms. The van der Waals surface area contributed by atoms with Crippen molar-refractivity contribution in [2.75, 3.05) is 0 Å². The average Bonchev–Trinajstić information content (AvgIpc) is 2.60. The summed E-state index contributed by atoms with van der Waals surface area (Å²) in [5.74, 6) is -0.946. The fourth-order valence-electron chi connectivity index (χ4n) is 4.95. The number of carboxylic acid groups (broad SMARTS) is 1. The summed E-state index contributed by atoms with van der Waals surface area (Å²) in [6.07, 6.45) is 3.77. The molecule has 140 valence electrons. The Hall–Kier alpha value is -2.17. The van der Waals surface area contributed by atoms with E-state index in [9.17, 15) is 14.4 Å². The third-order valence-corrected chi connectivity index (χ3v) is 6.59. The number of fused-ring (bicyclic) bond motifs is 1. The summed E-state index contributed by atoms with van der Waals surface area (Å²) in [7, 11) is 0. The zero-order valence-electron chi connectivity index (χ0n) is 15.6. The fourth-order valence-corrected chi connectivity index (χ4v) is 4.95. The van der Waals surface area contributed by atoms with Crippen LogP contribution < -0.4 is 0 Å². The van der Waals surface area contributed by atoms with Gasteiger partial charge in [0.25, 0.3) is 0 Å². The molecule has 0 heterocycles. The monoisotopic (exact) mass is 358 g/mol. The zero-order valence-corrected chi connectivity index (χ0v) is 15.6. The molecule has 1 aromatic rings. The predicted octanol–water partition coefficient (Wildman–Crippen LogP) is 4.11. The van der Waals surface area contributed by atoms with Crippen molar-refractivity contribution in [3.63, 3.8) is 0 Å². The van der Waals surface area contributed by atoms with Gasteiger partial charge in [-0.2, -0.15) is 0 Å². The number of aromatic carboxylic acids is 1. The van der Waals surface area contributed by atoms with Crippen molar-refractivity contribution in [1.29, 1.82) is 0 Å². The highest BCUT2D eigenvalue weighted by Gasteiger charge is 2.56. The van der Waals surface area contributed by atoms with E-state index in [4.69, 9.17) is 9.84 Å². The van der Waals surface area contributed by atoms with Gasteiger partial charge in [-0.25, -0.2) is 9.59 Å². The third-order valence-electron chi connectivity index (χ3n) is 6.59. The van der Waals surface area contributed by atoms with Gasteiger partial charge in [0.15, 0.2) is 0 Å². The maximum Gasteiger partial charge on any atom is 0.338 e. The van der Waals surface area contributed by atoms with Crippen molar-refractivity contribution < 1.29 is 24.2 Å². The first kappa shape index (κ1) is 18.6. The predicted molar refractivity (Wildman–Crippen MR) is 96.1 cm³/mol. The maximum atomic E-state index is 12.6. The van der Waals surface area contributed by atoms with E-state index >= 15 is 0 Å². The summed E-state index contributed by atoms with van der Waals surface area (Å²) in [6.45, 7) is 6.19. The average molecular weight is 358 g/mol. The lowest BCUT2D eigenvalue weighted by Gasteiger charge is -2.55. The summed E-state index contributed by atoms with van der Waals surface area (Å²) in [5.41, 5.74) is -0.0984. The first-order valence-corrected chi connectivity index (χ1v) is 9.24. The molecule has 0 aliphatic heterocycles. The number of esters is 1. The Bertz CT molecular complexity index is 733. The minimum Gasteiger partial charge on any atom is -0.478 e. The quantitative estimate of drug-likeness (QED) is 0.823. The molecule has 2 saturated carbocycles. The second kappa shape index (κ2) is 6.53. The van der Waals surface area contributed by atoms with E-state index in [1.807, 2.05) is 13.8 Å². The Labute approximate surface area is 153 Å². The van der Waals surface area contributed by atoms with Gasteiger partial charge >= 0.3 is 11.9 Å². The lowest BCUT2D eigenvalue weighted by atomic mass is 9.50. The lowest BCUT2D eigenvalue weighted by molar-refractivity contribution is -0.155. The molecule has 3 atom stereocenters. The Morgan fingerprint density at radius 1 is 1.08 bits per heavy atom. The van der Waals surface area contributed by atoms with Gasteiger partial charge in [-0.05, 0) is 55.9 Å². The van der Waals surface area contributed by atoms with E-state index in [0.29, 0.717) is 17.8 Å². The number of carbonyl (C=O) groups is 3. The number of benzene rings is 1. The number of rotatable bonds is 3. The normalized spacial score (nSPS) is 30.3. The van der Waals surface area contributed by atoms with Crippen molar-refractivity contribution in [2.24, 2.45) is 16.7 Å². The van der Waals surface area contributed by atoms with Crippen LogP contribution >= 0.6 is 0 Å². The van der Waals surface area contributed by atoms with Crippen molar-refractivity contribution in [3.8, 4) is 0 Å². The van der Waals surface area contributed by atoms with Crippen molar-refractivity contribution in [2.45, 2.75) is 59.0 Å². The Balaban J connectivity index is 1.79. The lowest BCUT2D eigenvalue weighted by Crippen LogP contribution is -2.55. The van der Waals surface area contributed by atoms with Crippen molar-refractivity contribution >= 4 is 17.7 Å². The van der Waals surface area contributed by atoms with E-state index in [2.05, 4.69) is 6.92 Å². The van der Waals surface area contributed by atoms with Crippen LogP contribution in [0.2, 0.25) is 0 Å². The third kappa shape index (κ3) is 3.04. The highest BCUT2D eigenvalue weighted by atomic mass is 16.5. The van der Waals surface area contributed by atoms with Crippen LogP contribution in [-0.4, -0.2) is 28.9 Å². The van der Waals surface area contributed by atoms with Crippen molar-refractivity contribution in [1.82, 2.24) is 0 Å². The molecule has 0 radical (unpaired) electrons. The van der Waals surface area contributed by atoms with E-state index in [-0.39, 0.29) is 28.4 Å². The number of hydrogen-bond acceptors (Lipinski definition) is 4. The van der Waals surface area contributed by atoms with Gasteiger partial charge in [-0.3, -0.25) is 4.79 Å². The molecule has 3 rings (SSSR count). The van der Waals surface area contributed by atoms with Crippen LogP contribution in [0.3, 0.4) is 0 Å². The van der Waals surface area contributed by atoms with Crippen LogP contribution in [0.4, 0.5) is 0 Å². The maximum absolute atomic E-state index is 12.6. The van der Waals surface area contributed by atoms with Crippen LogP contribution in [0.25, 0.3) is 0 Å². The molecule has 2 aliphatic rings. The minimum atomic E-state index is -1.03. The van der Waals surface area contributed by atoms with Crippen LogP contribution in [0.1, 0.15) is 73.6 Å². The largest absolute Gasteiger partial charge is 0.478 e. The summed E-state index contributed by atoms with van der Waals surface area (Å²) < 4.78 is 5.88. The van der Waals surface area contributed by atoms with Crippen LogP contribution in [0.5, 0.6) is 0 Å². The van der Waals surface area contributed by atoms with Gasteiger partial charge in [0.05, 0.1) is 11.1 Å². The fraction of sp³-hybridized carbons (Fsp3) is 0.571. The summed E-state index contributed by atoms with van der Waals surface area (Å²) >= 11 is 0. The molecule has 0 spiro atoms. The molecule has 5 nitrogen and oxygen atoms in total. The van der Waals surface area contributed by atoms with Crippen LogP contribution in [0.15, 0.2) is 24.3 Å². The number of ketones is 1. The number of ether oxygens (including phenoxy) is 1. The van der Waals surface area contributed by atoms with Gasteiger partial charge in [-0.1, -0.05) is 20.8 Å². The summed E-state index contributed by atoms with van der Waals surface area (Å²) in [6, 6.07) is 5.80. The molecule has 0 saturated heterocycles. The number of carbonyl (C=O) groups excluding carboxylic acids is 2. The van der Waals surface area contributed by atoms with Crippen molar-refractivity contribution in [3.05, 3.63) is 35.4 Å². The van der Waals surface area contributed by atoms with E-state index in [0.717, 1.165) is 25.7 Å². The van der Waals surface area contributed by atoms with Gasteiger partial charge in [-0.15, -0.1) is 0 Å². The Morgan fingerprint density at radius 3 is 2.31 bits per heavy atom. The molecular weight excluding hydrogens is 332 g/mol. The summed E-state index contributed by atoms with van der Waals surface area (Å²) in [4.78, 5) is 35.9. The molecule has 1 aromatic carbocycles. The molecule has 3 unspecified atom stereocenters. The van der Waals surface area contributed by atoms with Crippen LogP contribution in [0, 0.1) is 16.7 Å². The van der Waals surface area contributed by atoms with Gasteiger partial charge in [0.1, 0.15) is 11.9 Å². The molecule has 2 fully saturated rings. The minimum absolute atomic E-state index is 0.138. The van der Waals surface area contributed by atoms with E-state index in [1.54, 1.807) is 0 Å². The topological polar surface area (TPSA) is 80.7 Å². The summed E-state index contributed by atoms with van der Waals surface area (Å²) in [5, 5.41) is 8.97. The molecule has 1 N–H and O–H groups in total. The highest BCUT2D eigenvalue weighted by molar-refractivity contribution is 5.92. The second-order valence-corrected chi connectivity index (χ2v) is 8.41. The number of hydrogen-bond donors (Lipinski definition) is 1. The Morgan fingerprint density at radius 2 is 1.69 bits per heavy atom. The molecule has 0 aromatic heterocycles. The standard InChI is InChI=1S/C21H26O5/c1-20(2)15-5-4-6-17(21(15,3)12-11-16(20)22)26-19(25)14-9-7-13(8-10-14)18(23)24/h7-10,15,17H,4-6,11-12H2,1-3H3,(H,23,24). The number of carboxylic acids is 1. The highest BCUT2D eigenvalue weighted by Crippen LogP contribution is 2.57. The molecule has 0 amide bonds. The zero-order chi connectivity index (χ0) is 19.1.